The predicted octanol–water partition coefficient (Wildman–Crippen LogP) is 3.90. The van der Waals surface area contributed by atoms with Gasteiger partial charge >= 0.3 is 12.1 Å². The highest BCUT2D eigenvalue weighted by atomic mass is 32.1. The van der Waals surface area contributed by atoms with Crippen molar-refractivity contribution >= 4 is 35.2 Å². The van der Waals surface area contributed by atoms with Crippen LogP contribution in [-0.4, -0.2) is 87.8 Å². The van der Waals surface area contributed by atoms with Gasteiger partial charge in [-0.25, -0.2) is 14.6 Å². The molecule has 3 aliphatic rings. The van der Waals surface area contributed by atoms with E-state index in [1.165, 1.54) is 21.6 Å². The Bertz CT molecular complexity index is 1130. The summed E-state index contributed by atoms with van der Waals surface area (Å²) in [6.45, 7) is 10.0. The molecule has 1 aromatic rings. The van der Waals surface area contributed by atoms with E-state index >= 15 is 0 Å². The molecule has 40 heavy (non-hydrogen) atoms. The summed E-state index contributed by atoms with van der Waals surface area (Å²) in [7, 11) is 1.69. The maximum Gasteiger partial charge on any atom is 0.410 e. The quantitative estimate of drug-likeness (QED) is 0.223. The standard InChI is InChI=1S/C28H39N3O8S/c1-15(2)17(30(6)27(36)39-28(3,4)5)13-20(23-29-16(14-40-23)26(34)35)37-12-8-7-11-31-24(32)21-18-9-10-19(38-18)22(21)25(31)33/h9-10,14-15,17-22H,7-8,11-13H2,1-6H3,(H,34,35)/t17-,18?,19?,20-,21?,22?/m1/s1. The summed E-state index contributed by atoms with van der Waals surface area (Å²) < 4.78 is 17.5. The largest absolute Gasteiger partial charge is 0.476 e. The Morgan fingerprint density at radius 2 is 1.77 bits per heavy atom. The molecule has 2 saturated heterocycles. The van der Waals surface area contributed by atoms with Crippen LogP contribution in [0.25, 0.3) is 0 Å². The molecule has 0 radical (unpaired) electrons. The van der Waals surface area contributed by atoms with Crippen LogP contribution in [-0.2, 0) is 23.8 Å². The minimum absolute atomic E-state index is 0.0563. The van der Waals surface area contributed by atoms with Gasteiger partial charge in [-0.15, -0.1) is 11.3 Å². The van der Waals surface area contributed by atoms with Crippen LogP contribution in [0.5, 0.6) is 0 Å². The van der Waals surface area contributed by atoms with E-state index in [4.69, 9.17) is 14.2 Å². The van der Waals surface area contributed by atoms with E-state index < -0.39 is 35.6 Å². The lowest BCUT2D eigenvalue weighted by molar-refractivity contribution is -0.142. The van der Waals surface area contributed by atoms with Gasteiger partial charge in [-0.2, -0.15) is 0 Å². The van der Waals surface area contributed by atoms with Crippen molar-refractivity contribution in [3.8, 4) is 0 Å². The zero-order chi connectivity index (χ0) is 29.4. The number of carbonyl (C=O) groups is 4. The van der Waals surface area contributed by atoms with Crippen LogP contribution in [0.3, 0.4) is 0 Å². The third-order valence-corrected chi connectivity index (χ3v) is 8.45. The maximum absolute atomic E-state index is 12.9. The summed E-state index contributed by atoms with van der Waals surface area (Å²) in [6, 6.07) is -0.262. The zero-order valence-electron chi connectivity index (χ0n) is 23.9. The normalized spacial score (nSPS) is 25.0. The molecule has 220 valence electrons. The summed E-state index contributed by atoms with van der Waals surface area (Å²) >= 11 is 1.20. The van der Waals surface area contributed by atoms with E-state index in [0.29, 0.717) is 37.4 Å². The number of likely N-dealkylation sites (tertiary alicyclic amines) is 1. The van der Waals surface area contributed by atoms with Crippen LogP contribution < -0.4 is 0 Å². The van der Waals surface area contributed by atoms with E-state index in [2.05, 4.69) is 4.98 Å². The first-order valence-corrected chi connectivity index (χ1v) is 14.6. The minimum Gasteiger partial charge on any atom is -0.476 e. The lowest BCUT2D eigenvalue weighted by Crippen LogP contribution is -2.44. The number of ether oxygens (including phenoxy) is 3. The smallest absolute Gasteiger partial charge is 0.410 e. The fourth-order valence-corrected chi connectivity index (χ4v) is 6.38. The Hall–Kier alpha value is -2.83. The number of hydrogen-bond donors (Lipinski definition) is 1. The Labute approximate surface area is 238 Å². The predicted molar refractivity (Wildman–Crippen MR) is 146 cm³/mol. The molecular formula is C28H39N3O8S. The Morgan fingerprint density at radius 3 is 2.30 bits per heavy atom. The van der Waals surface area contributed by atoms with Gasteiger partial charge in [0.05, 0.1) is 24.0 Å². The number of aromatic nitrogens is 1. The van der Waals surface area contributed by atoms with Gasteiger partial charge < -0.3 is 24.2 Å². The van der Waals surface area contributed by atoms with Gasteiger partial charge in [0.2, 0.25) is 11.8 Å². The average molecular weight is 578 g/mol. The second-order valence-electron chi connectivity index (χ2n) is 11.9. The number of imide groups is 1. The Kier molecular flexibility index (Phi) is 9.01. The van der Waals surface area contributed by atoms with Crippen LogP contribution in [0.15, 0.2) is 17.5 Å². The van der Waals surface area contributed by atoms with Crippen LogP contribution >= 0.6 is 11.3 Å². The van der Waals surface area contributed by atoms with Gasteiger partial charge in [0.15, 0.2) is 5.69 Å². The fraction of sp³-hybridized carbons (Fsp3) is 0.679. The molecular weight excluding hydrogens is 538 g/mol. The highest BCUT2D eigenvalue weighted by molar-refractivity contribution is 7.09. The second-order valence-corrected chi connectivity index (χ2v) is 12.8. The highest BCUT2D eigenvalue weighted by Gasteiger charge is 2.60. The van der Waals surface area contributed by atoms with Gasteiger partial charge in [-0.1, -0.05) is 26.0 Å². The number of aromatic carboxylic acids is 1. The molecule has 0 aliphatic carbocycles. The lowest BCUT2D eigenvalue weighted by atomic mass is 9.85. The number of unbranched alkanes of at least 4 members (excludes halogenated alkanes) is 1. The van der Waals surface area contributed by atoms with Crippen molar-refractivity contribution in [2.75, 3.05) is 20.2 Å². The van der Waals surface area contributed by atoms with Crippen LogP contribution in [0.2, 0.25) is 0 Å². The molecule has 2 bridgehead atoms. The number of thiazole rings is 1. The van der Waals surface area contributed by atoms with E-state index in [0.717, 1.165) is 0 Å². The molecule has 3 aliphatic heterocycles. The van der Waals surface area contributed by atoms with Crippen LogP contribution in [0, 0.1) is 17.8 Å². The summed E-state index contributed by atoms with van der Waals surface area (Å²) in [5.41, 5.74) is -0.701. The van der Waals surface area contributed by atoms with Crippen molar-refractivity contribution in [2.45, 2.75) is 83.8 Å². The monoisotopic (exact) mass is 577 g/mol. The molecule has 4 unspecified atom stereocenters. The number of carboxylic acid groups (broad SMARTS) is 1. The fourth-order valence-electron chi connectivity index (χ4n) is 5.52. The lowest BCUT2D eigenvalue weighted by Gasteiger charge is -2.34. The Morgan fingerprint density at radius 1 is 1.15 bits per heavy atom. The third-order valence-electron chi connectivity index (χ3n) is 7.52. The molecule has 6 atom stereocenters. The van der Waals surface area contributed by atoms with Gasteiger partial charge in [0.1, 0.15) is 16.7 Å². The maximum atomic E-state index is 12.9. The third kappa shape index (κ3) is 6.39. The molecule has 12 heteroatoms. The molecule has 3 amide bonds. The molecule has 0 saturated carbocycles. The van der Waals surface area contributed by atoms with Crippen LogP contribution in [0.1, 0.15) is 75.5 Å². The number of nitrogens with zero attached hydrogens (tertiary/aromatic N) is 3. The number of amides is 3. The molecule has 2 fully saturated rings. The highest BCUT2D eigenvalue weighted by Crippen LogP contribution is 2.45. The molecule has 0 aromatic carbocycles. The zero-order valence-corrected chi connectivity index (χ0v) is 24.7. The first kappa shape index (κ1) is 30.1. The topological polar surface area (TPSA) is 136 Å². The van der Waals surface area contributed by atoms with Crippen molar-refractivity contribution in [2.24, 2.45) is 17.8 Å². The molecule has 4 rings (SSSR count). The van der Waals surface area contributed by atoms with Gasteiger partial charge in [-0.3, -0.25) is 14.5 Å². The van der Waals surface area contributed by atoms with E-state index in [1.807, 2.05) is 46.8 Å². The van der Waals surface area contributed by atoms with Gasteiger partial charge in [-0.05, 0) is 39.5 Å². The number of carboxylic acids is 1. The molecule has 1 aromatic heterocycles. The SMILES string of the molecule is CC(C)[C@@H](C[C@@H](OCCCCN1C(=O)C2C3C=CC(O3)C2C1=O)c1nc(C(=O)O)cs1)N(C)C(=O)OC(C)(C)C. The van der Waals surface area contributed by atoms with Gasteiger partial charge in [0, 0.05) is 38.0 Å². The Balaban J connectivity index is 1.36. The van der Waals surface area contributed by atoms with Crippen molar-refractivity contribution in [1.82, 2.24) is 14.8 Å². The number of carbonyl (C=O) groups excluding carboxylic acids is 3. The molecule has 0 spiro atoms. The molecule has 4 heterocycles. The van der Waals surface area contributed by atoms with E-state index in [9.17, 15) is 24.3 Å². The second kappa shape index (κ2) is 12.0. The van der Waals surface area contributed by atoms with E-state index in [1.54, 1.807) is 11.9 Å². The molecule has 11 nitrogen and oxygen atoms in total. The average Bonchev–Trinajstić information content (AvgIpc) is 3.65. The first-order valence-electron chi connectivity index (χ1n) is 13.7. The van der Waals surface area contributed by atoms with E-state index in [-0.39, 0.29) is 41.7 Å². The first-order chi connectivity index (χ1) is 18.8. The number of rotatable bonds is 12. The minimum atomic E-state index is -1.12. The number of fused-ring (bicyclic) bond motifs is 5. The van der Waals surface area contributed by atoms with Crippen molar-refractivity contribution < 1.29 is 38.5 Å². The van der Waals surface area contributed by atoms with Crippen molar-refractivity contribution in [3.05, 3.63) is 28.2 Å². The van der Waals surface area contributed by atoms with Crippen LogP contribution in [0.4, 0.5) is 4.79 Å². The summed E-state index contributed by atoms with van der Waals surface area (Å²) in [5.74, 6) is -2.22. The summed E-state index contributed by atoms with van der Waals surface area (Å²) in [5, 5.41) is 11.4. The molecule has 1 N–H and O–H groups in total. The van der Waals surface area contributed by atoms with Crippen molar-refractivity contribution in [3.63, 3.8) is 0 Å². The van der Waals surface area contributed by atoms with Gasteiger partial charge in [0.25, 0.3) is 0 Å². The number of hydrogen-bond acceptors (Lipinski definition) is 9. The van der Waals surface area contributed by atoms with Crippen molar-refractivity contribution in [1.29, 1.82) is 0 Å². The summed E-state index contributed by atoms with van der Waals surface area (Å²) in [6.07, 6.45) is 3.66. The summed E-state index contributed by atoms with van der Waals surface area (Å²) in [4.78, 5) is 57.2.